The van der Waals surface area contributed by atoms with Crippen LogP contribution in [0.15, 0.2) is 56.5 Å². The summed E-state index contributed by atoms with van der Waals surface area (Å²) in [5, 5.41) is 7.13. The van der Waals surface area contributed by atoms with Crippen LogP contribution in [0.5, 0.6) is 0 Å². The number of nitrogens with one attached hydrogen (secondary N) is 3. The number of fused-ring (bicyclic) bond motifs is 1. The van der Waals surface area contributed by atoms with Gasteiger partial charge < -0.3 is 9.73 Å². The zero-order chi connectivity index (χ0) is 25.6. The maximum atomic E-state index is 14.6. The zero-order valence-electron chi connectivity index (χ0n) is 18.6. The fraction of sp³-hybridized carbons (Fsp3) is 0.182. The molecule has 0 bridgehead atoms. The van der Waals surface area contributed by atoms with Gasteiger partial charge >= 0.3 is 5.76 Å². The standard InChI is InChI=1S/C22H18FIN6O5S/c1-25-36(33,34)29-13-4-2-3-11(9-13)18-19-17(21(31)30(28-18)14-6-7-14)20(27-22(32)35-19)26-16-8-5-12(24)10-15(16)23/h2-5,8-10,14,25,29H,6-7H2,1H3,(H,26,27,32). The minimum atomic E-state index is -3.79. The summed E-state index contributed by atoms with van der Waals surface area (Å²) in [5.41, 5.74) is 0.0525. The highest BCUT2D eigenvalue weighted by Crippen LogP contribution is 2.36. The molecule has 2 heterocycles. The van der Waals surface area contributed by atoms with Crippen molar-refractivity contribution in [3.05, 3.63) is 72.8 Å². The number of rotatable bonds is 7. The predicted molar refractivity (Wildman–Crippen MR) is 140 cm³/mol. The van der Waals surface area contributed by atoms with Crippen molar-refractivity contribution in [1.29, 1.82) is 0 Å². The van der Waals surface area contributed by atoms with Crippen LogP contribution in [0.4, 0.5) is 21.6 Å². The molecule has 0 amide bonds. The molecule has 1 aliphatic rings. The third-order valence-electron chi connectivity index (χ3n) is 5.43. The Morgan fingerprint density at radius 2 is 1.94 bits per heavy atom. The van der Waals surface area contributed by atoms with Gasteiger partial charge in [-0.1, -0.05) is 12.1 Å². The Labute approximate surface area is 217 Å². The molecule has 2 aromatic heterocycles. The summed E-state index contributed by atoms with van der Waals surface area (Å²) in [6.45, 7) is 0. The molecule has 0 aliphatic heterocycles. The Morgan fingerprint density at radius 3 is 2.64 bits per heavy atom. The van der Waals surface area contributed by atoms with Gasteiger partial charge in [0.25, 0.3) is 15.8 Å². The molecular formula is C22H18FIN6O5S. The first kappa shape index (κ1) is 24.3. The summed E-state index contributed by atoms with van der Waals surface area (Å²) in [5.74, 6) is -1.78. The Morgan fingerprint density at radius 1 is 1.17 bits per heavy atom. The summed E-state index contributed by atoms with van der Waals surface area (Å²) in [4.78, 5) is 29.6. The lowest BCUT2D eigenvalue weighted by Gasteiger charge is -2.13. The topological polar surface area (TPSA) is 148 Å². The quantitative estimate of drug-likeness (QED) is 0.266. The molecule has 5 rings (SSSR count). The monoisotopic (exact) mass is 624 g/mol. The normalized spacial score (nSPS) is 13.6. The minimum absolute atomic E-state index is 0.0222. The van der Waals surface area contributed by atoms with E-state index in [1.54, 1.807) is 18.2 Å². The molecule has 0 radical (unpaired) electrons. The number of halogens is 2. The van der Waals surface area contributed by atoms with Gasteiger partial charge in [0.1, 0.15) is 16.9 Å². The third-order valence-corrected chi connectivity index (χ3v) is 7.15. The lowest BCUT2D eigenvalue weighted by atomic mass is 10.1. The summed E-state index contributed by atoms with van der Waals surface area (Å²) in [7, 11) is -2.53. The van der Waals surface area contributed by atoms with Gasteiger partial charge in [-0.25, -0.2) is 18.6 Å². The van der Waals surface area contributed by atoms with E-state index < -0.39 is 27.3 Å². The molecule has 0 saturated heterocycles. The van der Waals surface area contributed by atoms with Gasteiger partial charge in [-0.2, -0.15) is 18.5 Å². The number of hydrogen-bond acceptors (Lipinski definition) is 8. The first-order valence-electron chi connectivity index (χ1n) is 10.7. The Hall–Kier alpha value is -3.37. The van der Waals surface area contributed by atoms with Crippen molar-refractivity contribution >= 4 is 61.0 Å². The first-order valence-corrected chi connectivity index (χ1v) is 13.2. The summed E-state index contributed by atoms with van der Waals surface area (Å²) < 4.78 is 50.3. The van der Waals surface area contributed by atoms with Gasteiger partial charge in [-0.3, -0.25) is 9.52 Å². The number of aromatic nitrogens is 3. The van der Waals surface area contributed by atoms with Crippen molar-refractivity contribution in [3.8, 4) is 11.3 Å². The van der Waals surface area contributed by atoms with Crippen LogP contribution in [0.25, 0.3) is 22.2 Å². The lowest BCUT2D eigenvalue weighted by Crippen LogP contribution is -2.26. The smallest absolute Gasteiger partial charge is 0.405 e. The van der Waals surface area contributed by atoms with Gasteiger partial charge in [-0.05, 0) is 65.8 Å². The molecule has 3 N–H and O–H groups in total. The average Bonchev–Trinajstić information content (AvgIpc) is 3.66. The van der Waals surface area contributed by atoms with Crippen molar-refractivity contribution in [1.82, 2.24) is 19.5 Å². The molecule has 4 aromatic rings. The molecule has 1 fully saturated rings. The van der Waals surface area contributed by atoms with Gasteiger partial charge in [0.15, 0.2) is 11.4 Å². The molecule has 0 atom stereocenters. The van der Waals surface area contributed by atoms with Crippen LogP contribution < -0.4 is 26.1 Å². The van der Waals surface area contributed by atoms with Crippen LogP contribution >= 0.6 is 22.6 Å². The maximum Gasteiger partial charge on any atom is 0.441 e. The molecule has 2 aromatic carbocycles. The second-order valence-electron chi connectivity index (χ2n) is 8.00. The number of benzene rings is 2. The molecule has 186 valence electrons. The molecule has 1 aliphatic carbocycles. The molecule has 11 nitrogen and oxygen atoms in total. The summed E-state index contributed by atoms with van der Waals surface area (Å²) >= 11 is 1.96. The van der Waals surface area contributed by atoms with Crippen LogP contribution in [-0.2, 0) is 10.2 Å². The van der Waals surface area contributed by atoms with E-state index in [-0.39, 0.29) is 39.9 Å². The first-order chi connectivity index (χ1) is 17.1. The van der Waals surface area contributed by atoms with Gasteiger partial charge in [0, 0.05) is 16.2 Å². The lowest BCUT2D eigenvalue weighted by molar-refractivity contribution is 0.523. The van der Waals surface area contributed by atoms with E-state index in [1.165, 1.54) is 36.0 Å². The maximum absolute atomic E-state index is 14.6. The highest BCUT2D eigenvalue weighted by Gasteiger charge is 2.30. The van der Waals surface area contributed by atoms with Crippen LogP contribution in [0.3, 0.4) is 0 Å². The molecular weight excluding hydrogens is 606 g/mol. The van der Waals surface area contributed by atoms with Crippen molar-refractivity contribution in [3.63, 3.8) is 0 Å². The highest BCUT2D eigenvalue weighted by atomic mass is 127. The summed E-state index contributed by atoms with van der Waals surface area (Å²) in [6, 6.07) is 10.5. The predicted octanol–water partition coefficient (Wildman–Crippen LogP) is 3.11. The van der Waals surface area contributed by atoms with Crippen LogP contribution in [0, 0.1) is 9.39 Å². The van der Waals surface area contributed by atoms with Crippen LogP contribution in [0.2, 0.25) is 0 Å². The summed E-state index contributed by atoms with van der Waals surface area (Å²) in [6.07, 6.45) is 1.47. The Balaban J connectivity index is 1.74. The second-order valence-corrected chi connectivity index (χ2v) is 10.9. The third kappa shape index (κ3) is 4.83. The molecule has 14 heteroatoms. The van der Waals surface area contributed by atoms with E-state index in [9.17, 15) is 22.4 Å². The molecule has 1 saturated carbocycles. The Kier molecular flexibility index (Phi) is 6.25. The van der Waals surface area contributed by atoms with E-state index in [2.05, 4.69) is 24.8 Å². The van der Waals surface area contributed by atoms with E-state index in [1.807, 2.05) is 22.6 Å². The van der Waals surface area contributed by atoms with Gasteiger partial charge in [-0.15, -0.1) is 0 Å². The van der Waals surface area contributed by atoms with E-state index >= 15 is 0 Å². The van der Waals surface area contributed by atoms with E-state index in [4.69, 9.17) is 4.42 Å². The number of anilines is 3. The van der Waals surface area contributed by atoms with Gasteiger partial charge in [0.05, 0.1) is 17.4 Å². The SMILES string of the molecule is CNS(=O)(=O)Nc1cccc(-c2nn(C3CC3)c(=O)c3c(Nc4ccc(I)cc4F)nc(=O)oc23)c1. The number of hydrogen-bond donors (Lipinski definition) is 3. The van der Waals surface area contributed by atoms with Crippen molar-refractivity contribution in [2.75, 3.05) is 17.1 Å². The van der Waals surface area contributed by atoms with Crippen molar-refractivity contribution in [2.45, 2.75) is 18.9 Å². The number of nitrogens with zero attached hydrogens (tertiary/aromatic N) is 3. The molecule has 0 spiro atoms. The van der Waals surface area contributed by atoms with E-state index in [0.717, 1.165) is 12.8 Å². The van der Waals surface area contributed by atoms with Crippen molar-refractivity contribution < 1.29 is 17.2 Å². The second kappa shape index (κ2) is 9.25. The fourth-order valence-corrected chi connectivity index (χ4v) is 4.59. The van der Waals surface area contributed by atoms with Crippen LogP contribution in [0.1, 0.15) is 18.9 Å². The molecule has 0 unspecified atom stereocenters. The van der Waals surface area contributed by atoms with Crippen LogP contribution in [-0.4, -0.2) is 30.2 Å². The average molecular weight is 624 g/mol. The van der Waals surface area contributed by atoms with Gasteiger partial charge in [0.2, 0.25) is 0 Å². The largest absolute Gasteiger partial charge is 0.441 e. The van der Waals surface area contributed by atoms with E-state index in [0.29, 0.717) is 9.13 Å². The zero-order valence-corrected chi connectivity index (χ0v) is 21.6. The van der Waals surface area contributed by atoms with Crippen molar-refractivity contribution in [2.24, 2.45) is 0 Å². The fourth-order valence-electron chi connectivity index (χ4n) is 3.59. The minimum Gasteiger partial charge on any atom is -0.405 e. The Bertz CT molecular complexity index is 1740. The molecule has 36 heavy (non-hydrogen) atoms. The highest BCUT2D eigenvalue weighted by molar-refractivity contribution is 14.1.